The first-order chi connectivity index (χ1) is 58.0. The summed E-state index contributed by atoms with van der Waals surface area (Å²) in [4.78, 5) is 178. The molecule has 34 nitrogen and oxygen atoms in total. The number of methoxy groups -OCH3 is 2. The number of fused-ring (bicyclic) bond motifs is 6. The van der Waals surface area contributed by atoms with Crippen molar-refractivity contribution in [2.75, 3.05) is 62.8 Å². The Morgan fingerprint density at radius 3 is 2.20 bits per heavy atom. The lowest BCUT2D eigenvalue weighted by atomic mass is 9.83. The van der Waals surface area contributed by atoms with Crippen LogP contribution in [0.15, 0.2) is 121 Å². The SMILES string of the molecule is COc1cc2cc(c1Cl)N(C)C(=O)C[C@H](OC(=O)[C@H](C)N(C)C(=O)CCSSC[C@H](NC(=O)[C@@H]1CSSC[C@H](NC(=O)[C@H](N)Cc3ccccc3)C(=O)N[C@@H](Cc3ccc(O)cc3)C(=O)N[C@H](Cc3c[nH]c4ccccc34)C(=O)N[C@@H](CCCCN)C(=O)N[C@@H]([C@@H](C)O)C(=O)N1)C(=O)O)[C@@]1(C)O[C@H]1[C@H](C)[C@@H]1C[C@@](O)(NC(=O)O1)[C@H](OC)/C=C/C=C(\C)C2. The van der Waals surface area contributed by atoms with Crippen LogP contribution in [0.2, 0.25) is 5.02 Å². The minimum atomic E-state index is -1.96. The number of halogens is 1. The molecule has 0 radical (unpaired) electrons. The number of rotatable bonds is 27. The lowest BCUT2D eigenvalue weighted by Gasteiger charge is -2.42. The predicted octanol–water partition coefficient (Wildman–Crippen LogP) is 3.91. The number of nitrogens with two attached hydrogens (primary N) is 2. The van der Waals surface area contributed by atoms with Gasteiger partial charge in [0.1, 0.15) is 88.8 Å². The second kappa shape index (κ2) is 44.6. The maximum absolute atomic E-state index is 15.0. The summed E-state index contributed by atoms with van der Waals surface area (Å²) in [6.07, 6.45) is -0.445. The van der Waals surface area contributed by atoms with E-state index in [-0.39, 0.29) is 91.0 Å². The summed E-state index contributed by atoms with van der Waals surface area (Å²) < 4.78 is 29.6. The summed E-state index contributed by atoms with van der Waals surface area (Å²) in [5.74, 6) is -11.7. The number of anilines is 1. The van der Waals surface area contributed by atoms with Crippen molar-refractivity contribution in [1.82, 2.24) is 52.4 Å². The van der Waals surface area contributed by atoms with Gasteiger partial charge < -0.3 is 108 Å². The van der Waals surface area contributed by atoms with Crippen LogP contribution in [-0.4, -0.2) is 256 Å². The number of nitrogens with zero attached hydrogens (tertiary/aromatic N) is 2. The fourth-order valence-electron chi connectivity index (χ4n) is 14.3. The van der Waals surface area contributed by atoms with Gasteiger partial charge in [0.2, 0.25) is 53.2 Å². The molecule has 5 heterocycles. The third-order valence-electron chi connectivity index (χ3n) is 21.7. The normalized spacial score (nSPS) is 26.5. The number of alkyl carbamates (subject to hydrolysis) is 1. The van der Waals surface area contributed by atoms with Crippen molar-refractivity contribution < 1.29 is 102 Å². The van der Waals surface area contributed by atoms with Gasteiger partial charge in [-0.25, -0.2) is 14.4 Å². The molecular weight excluding hydrogens is 1680 g/mol. The highest BCUT2D eigenvalue weighted by molar-refractivity contribution is 8.77. The summed E-state index contributed by atoms with van der Waals surface area (Å²) in [6.45, 7) is 8.01. The molecule has 4 aliphatic rings. The van der Waals surface area contributed by atoms with E-state index in [4.69, 9.17) is 46.8 Å². The Morgan fingerprint density at radius 1 is 0.844 bits per heavy atom. The van der Waals surface area contributed by atoms with E-state index in [1.54, 1.807) is 105 Å². The molecule has 4 aliphatic heterocycles. The lowest BCUT2D eigenvalue weighted by molar-refractivity contribution is -0.162. The lowest BCUT2D eigenvalue weighted by Crippen LogP contribution is -2.63. The number of unbranched alkanes of at least 4 members (excludes halogenated alkanes) is 1. The monoisotopic (exact) mass is 1790 g/mol. The van der Waals surface area contributed by atoms with Crippen LogP contribution in [0, 0.1) is 5.92 Å². The number of aromatic amines is 1. The smallest absolute Gasteiger partial charge is 0.409 e. The maximum Gasteiger partial charge on any atom is 0.409 e. The van der Waals surface area contributed by atoms with Crippen molar-refractivity contribution in [1.29, 1.82) is 0 Å². The molecule has 122 heavy (non-hydrogen) atoms. The molecule has 3 fully saturated rings. The van der Waals surface area contributed by atoms with Gasteiger partial charge in [0.15, 0.2) is 5.72 Å². The minimum absolute atomic E-state index is 0.0277. The number of aliphatic carboxylic acids is 1. The second-order valence-corrected chi connectivity index (χ2v) is 36.3. The Labute approximate surface area is 727 Å². The van der Waals surface area contributed by atoms with Crippen LogP contribution >= 0.6 is 54.8 Å². The zero-order valence-electron chi connectivity index (χ0n) is 69.0. The number of carboxylic acid groups (broad SMARTS) is 1. The molecule has 17 atom stereocenters. The van der Waals surface area contributed by atoms with Gasteiger partial charge in [0.25, 0.3) is 0 Å². The standard InChI is InChI=1S/C83H108ClN13O21S4/c1-44-18-17-24-65(115-9)83(113)39-64(116-81(112)95-83)45(2)71-82(5,118-71)66(38-68(101)97(7)62-35-50(32-44)36-63(114-8)69(62)84)117-80(111)46(3)96(6)67(100)29-31-119-120-43-61(79(109)110)93-77(107)60-42-122-121-41-59(91-72(102)54(86)33-48-19-11-10-12-20-48)76(106)89-57(34-49-25-27-52(99)28-26-49)74(104)90-58(37-51-40-87-55-22-14-13-21-53(51)55)75(105)88-56(23-15-16-30-85)73(103)94-70(47(4)98)78(108)92-60/h10-14,17-22,24-28,35-36,40,45-47,54,56-61,64-66,70-71,87,98-99,113H,15-16,23,29-34,37-39,41-43,85-86H2,1-9H3,(H,88,105)(H,89,106)(H,90,104)(H,91,102)(H,92,108)(H,93,107)(H,94,103)(H,95,112)(H,109,110)/b24-17+,44-18+/t45-,46+,47-,54-,56+,57+,58-,59+,60+,61+,64+,65-,66+,70+,71+,82-,83+/m1/s1. The molecule has 39 heteroatoms. The first-order valence-corrected chi connectivity index (χ1v) is 45.1. The summed E-state index contributed by atoms with van der Waals surface area (Å²) >= 11 is 6.89. The number of allylic oxidation sites excluding steroid dienone is 3. The Morgan fingerprint density at radius 2 is 1.52 bits per heavy atom. The zero-order chi connectivity index (χ0) is 88.9. The van der Waals surface area contributed by atoms with E-state index in [2.05, 4.69) is 47.5 Å². The zero-order valence-corrected chi connectivity index (χ0v) is 73.0. The fourth-order valence-corrected chi connectivity index (χ4v) is 19.1. The number of epoxide rings is 1. The van der Waals surface area contributed by atoms with Gasteiger partial charge in [-0.05, 0) is 119 Å². The van der Waals surface area contributed by atoms with Gasteiger partial charge >= 0.3 is 18.0 Å². The number of amides is 10. The molecule has 0 spiro atoms. The first kappa shape index (κ1) is 96.2. The number of nitrogens with one attached hydrogen (secondary N) is 9. The van der Waals surface area contributed by atoms with Crippen molar-refractivity contribution in [3.05, 3.63) is 148 Å². The predicted molar refractivity (Wildman–Crippen MR) is 463 cm³/mol. The number of carbonyl (C=O) groups excluding carboxylic acids is 11. The molecule has 0 saturated carbocycles. The maximum atomic E-state index is 15.0. The van der Waals surface area contributed by atoms with Gasteiger partial charge in [0, 0.05) is 92.9 Å². The van der Waals surface area contributed by atoms with Crippen LogP contribution in [0.1, 0.15) is 95.4 Å². The molecule has 0 unspecified atom stereocenters. The van der Waals surface area contributed by atoms with Gasteiger partial charge in [-0.3, -0.25) is 48.5 Å². The van der Waals surface area contributed by atoms with Crippen LogP contribution < -0.4 is 63.6 Å². The van der Waals surface area contributed by atoms with Gasteiger partial charge in [-0.2, -0.15) is 0 Å². The highest BCUT2D eigenvalue weighted by Gasteiger charge is 2.65. The highest BCUT2D eigenvalue weighted by atomic mass is 35.5. The average Bonchev–Trinajstić information content (AvgIpc) is 1.57. The second-order valence-electron chi connectivity index (χ2n) is 30.8. The first-order valence-electron chi connectivity index (χ1n) is 39.7. The van der Waals surface area contributed by atoms with Crippen LogP contribution in [0.3, 0.4) is 0 Å². The van der Waals surface area contributed by atoms with E-state index in [0.29, 0.717) is 46.0 Å². The molecule has 0 aliphatic carbocycles. The molecule has 4 aromatic carbocycles. The number of carboxylic acids is 1. The Hall–Kier alpha value is -9.61. The van der Waals surface area contributed by atoms with Gasteiger partial charge in [0.05, 0.1) is 37.5 Å². The Balaban J connectivity index is 0.910. The number of aromatic nitrogens is 1. The van der Waals surface area contributed by atoms with E-state index in [1.165, 1.54) is 71.3 Å². The Bertz CT molecular complexity index is 4630. The molecule has 1 aromatic heterocycles. The molecule has 17 N–H and O–H groups in total. The number of likely N-dealkylation sites (N-methyl/N-ethyl adjacent to an activating group) is 1. The third kappa shape index (κ3) is 26.0. The van der Waals surface area contributed by atoms with E-state index in [0.717, 1.165) is 53.6 Å². The number of aromatic hydroxyl groups is 1. The molecule has 5 aromatic rings. The van der Waals surface area contributed by atoms with Crippen molar-refractivity contribution >= 4 is 143 Å². The molecular formula is C83H108ClN13O21S4. The van der Waals surface area contributed by atoms with Gasteiger partial charge in [-0.15, -0.1) is 0 Å². The van der Waals surface area contributed by atoms with E-state index < -0.39 is 186 Å². The number of H-pyrrole nitrogens is 1. The summed E-state index contributed by atoms with van der Waals surface area (Å²) in [5.41, 5.74) is 13.2. The van der Waals surface area contributed by atoms with E-state index in [1.807, 2.05) is 6.92 Å². The van der Waals surface area contributed by atoms with Crippen LogP contribution in [-0.2, 0) is 97.4 Å². The topological polar surface area (TPSA) is 506 Å². The number of benzene rings is 4. The number of aliphatic hydroxyl groups excluding tert-OH is 1. The van der Waals surface area contributed by atoms with E-state index in [9.17, 15) is 73.2 Å². The number of carbonyl (C=O) groups is 12. The van der Waals surface area contributed by atoms with Gasteiger partial charge in [-0.1, -0.05) is 146 Å². The number of hydrogen-bond donors (Lipinski definition) is 15. The van der Waals surface area contributed by atoms with Crippen LogP contribution in [0.4, 0.5) is 10.5 Å². The number of phenolic OH excluding ortho intramolecular Hbond substituents is 1. The molecule has 10 amide bonds. The largest absolute Gasteiger partial charge is 0.508 e. The van der Waals surface area contributed by atoms with Crippen LogP contribution in [0.25, 0.3) is 10.9 Å². The molecule has 662 valence electrons. The minimum Gasteiger partial charge on any atom is -0.508 e. The van der Waals surface area contributed by atoms with E-state index >= 15 is 4.79 Å². The quantitative estimate of drug-likeness (QED) is 0.0153. The van der Waals surface area contributed by atoms with Crippen molar-refractivity contribution in [3.8, 4) is 11.5 Å². The van der Waals surface area contributed by atoms with Crippen molar-refractivity contribution in [2.45, 2.75) is 195 Å². The number of hydrogen-bond acceptors (Lipinski definition) is 26. The number of aliphatic hydroxyl groups is 2. The third-order valence-corrected chi connectivity index (χ3v) is 26.9. The van der Waals surface area contributed by atoms with Crippen molar-refractivity contribution in [3.63, 3.8) is 0 Å². The highest BCUT2D eigenvalue weighted by Crippen LogP contribution is 2.49. The number of phenols is 1. The summed E-state index contributed by atoms with van der Waals surface area (Å²) in [5, 5.41) is 66.0. The number of para-hydroxylation sites is 1. The molecule has 9 rings (SSSR count). The Kier molecular flexibility index (Phi) is 35.2. The van der Waals surface area contributed by atoms with Crippen LogP contribution in [0.5, 0.6) is 11.5 Å². The average molecular weight is 1790 g/mol. The van der Waals surface area contributed by atoms with Crippen molar-refractivity contribution in [2.24, 2.45) is 17.4 Å². The summed E-state index contributed by atoms with van der Waals surface area (Å²) in [7, 11) is 9.50. The fraction of sp³-hybridized carbons (Fsp3) is 0.494. The molecule has 3 saturated heterocycles. The summed E-state index contributed by atoms with van der Waals surface area (Å²) in [6, 6.07) is 11.6. The number of esters is 1. The molecule has 4 bridgehead atoms. The number of ether oxygens (including phenoxy) is 5.